The molecule has 0 aromatic heterocycles. The van der Waals surface area contributed by atoms with Crippen LogP contribution in [0.15, 0.2) is 30.5 Å². The first kappa shape index (κ1) is 6.26. The van der Waals surface area contributed by atoms with Crippen molar-refractivity contribution in [2.75, 3.05) is 0 Å². The quantitative estimate of drug-likeness (QED) is 0.364. The maximum Gasteiger partial charge on any atom is -0.0180 e. The molecule has 0 heteroatoms. The molecule has 0 aliphatic carbocycles. The van der Waals surface area contributed by atoms with Crippen LogP contribution in [0.2, 0.25) is 0 Å². The van der Waals surface area contributed by atoms with Crippen molar-refractivity contribution >= 4 is 0 Å². The largest absolute Gasteiger partial charge is 0.128 e. The molecule has 0 amide bonds. The van der Waals surface area contributed by atoms with Crippen LogP contribution in [-0.2, 0) is 0 Å². The predicted octanol–water partition coefficient (Wildman–Crippen LogP) is 2.29. The molecule has 7 heavy (non-hydrogen) atoms. The summed E-state index contributed by atoms with van der Waals surface area (Å²) in [6, 6.07) is 0. The standard InChI is InChI=1S/C7H10/c1-4-6-7(3)5-2/h6H,1,3,5H2,2H3. The molecule has 0 saturated heterocycles. The van der Waals surface area contributed by atoms with Crippen molar-refractivity contribution in [1.82, 2.24) is 0 Å². The van der Waals surface area contributed by atoms with Gasteiger partial charge in [0.1, 0.15) is 0 Å². The zero-order chi connectivity index (χ0) is 5.70. The molecule has 0 atom stereocenters. The van der Waals surface area contributed by atoms with E-state index in [-0.39, 0.29) is 0 Å². The van der Waals surface area contributed by atoms with Crippen molar-refractivity contribution in [1.29, 1.82) is 0 Å². The van der Waals surface area contributed by atoms with E-state index in [1.54, 1.807) is 6.08 Å². The maximum absolute atomic E-state index is 3.70. The van der Waals surface area contributed by atoms with Crippen LogP contribution in [0.5, 0.6) is 0 Å². The monoisotopic (exact) mass is 94.1 g/mol. The fourth-order valence-electron chi connectivity index (χ4n) is 0.246. The molecule has 0 aromatic rings. The summed E-state index contributed by atoms with van der Waals surface area (Å²) in [5, 5.41) is 0. The van der Waals surface area contributed by atoms with Gasteiger partial charge in [-0.3, -0.25) is 0 Å². The van der Waals surface area contributed by atoms with Crippen molar-refractivity contribution in [3.8, 4) is 0 Å². The molecule has 0 saturated carbocycles. The van der Waals surface area contributed by atoms with Gasteiger partial charge in [0, 0.05) is 0 Å². The zero-order valence-corrected chi connectivity index (χ0v) is 4.70. The molecule has 38 valence electrons. The molecule has 0 radical (unpaired) electrons. The second kappa shape index (κ2) is 3.45. The molecule has 0 heterocycles. The van der Waals surface area contributed by atoms with Gasteiger partial charge in [-0.25, -0.2) is 0 Å². The first-order valence-corrected chi connectivity index (χ1v) is 2.35. The van der Waals surface area contributed by atoms with Crippen LogP contribution in [0.4, 0.5) is 0 Å². The lowest BCUT2D eigenvalue weighted by atomic mass is 10.2. The molecule has 0 rings (SSSR count). The van der Waals surface area contributed by atoms with Crippen LogP contribution in [0.1, 0.15) is 13.3 Å². The molecule has 0 fully saturated rings. The number of hydrogen-bond acceptors (Lipinski definition) is 0. The second-order valence-corrected chi connectivity index (χ2v) is 1.36. The summed E-state index contributed by atoms with van der Waals surface area (Å²) < 4.78 is 0. The molecular formula is C7H10. The lowest BCUT2D eigenvalue weighted by Gasteiger charge is -1.83. The van der Waals surface area contributed by atoms with Crippen molar-refractivity contribution in [3.05, 3.63) is 30.5 Å². The van der Waals surface area contributed by atoms with Crippen LogP contribution in [0.3, 0.4) is 0 Å². The minimum absolute atomic E-state index is 0.989. The normalized spacial score (nSPS) is 7.00. The smallest absolute Gasteiger partial charge is 0.0180 e. The van der Waals surface area contributed by atoms with Gasteiger partial charge in [-0.1, -0.05) is 20.1 Å². The summed E-state index contributed by atoms with van der Waals surface area (Å²) in [7, 11) is 0. The summed E-state index contributed by atoms with van der Waals surface area (Å²) in [4.78, 5) is 0. The maximum atomic E-state index is 3.70. The Balaban J connectivity index is 3.58. The highest BCUT2D eigenvalue weighted by atomic mass is 13.8. The fraction of sp³-hybridized carbons (Fsp3) is 0.286. The minimum Gasteiger partial charge on any atom is -0.128 e. The molecule has 0 aromatic carbocycles. The Morgan fingerprint density at radius 2 is 2.43 bits per heavy atom. The van der Waals surface area contributed by atoms with E-state index in [2.05, 4.69) is 25.8 Å². The molecule has 0 spiro atoms. The minimum atomic E-state index is 0.989. The van der Waals surface area contributed by atoms with Gasteiger partial charge < -0.3 is 0 Å². The highest BCUT2D eigenvalue weighted by Gasteiger charge is 1.74. The Morgan fingerprint density at radius 1 is 1.86 bits per heavy atom. The van der Waals surface area contributed by atoms with Crippen molar-refractivity contribution in [2.24, 2.45) is 0 Å². The molecule has 0 unspecified atom stereocenters. The Bertz CT molecular complexity index is 103. The van der Waals surface area contributed by atoms with Gasteiger partial charge in [-0.05, 0) is 18.1 Å². The van der Waals surface area contributed by atoms with Crippen LogP contribution >= 0.6 is 0 Å². The zero-order valence-electron chi connectivity index (χ0n) is 4.70. The van der Waals surface area contributed by atoms with E-state index in [4.69, 9.17) is 0 Å². The topological polar surface area (TPSA) is 0 Å². The Hall–Kier alpha value is -0.740. The highest BCUT2D eigenvalue weighted by Crippen LogP contribution is 1.94. The Labute approximate surface area is 44.9 Å². The van der Waals surface area contributed by atoms with E-state index in [0.717, 1.165) is 12.0 Å². The summed E-state index contributed by atoms with van der Waals surface area (Å²) in [5.74, 6) is 0. The van der Waals surface area contributed by atoms with Crippen LogP contribution < -0.4 is 0 Å². The predicted molar refractivity (Wildman–Crippen MR) is 33.1 cm³/mol. The summed E-state index contributed by atoms with van der Waals surface area (Å²) >= 11 is 0. The molecule has 0 nitrogen and oxygen atoms in total. The number of allylic oxidation sites excluding steroid dienone is 2. The summed E-state index contributed by atoms with van der Waals surface area (Å²) in [6.07, 6.45) is 2.78. The van der Waals surface area contributed by atoms with Gasteiger partial charge in [0.2, 0.25) is 0 Å². The van der Waals surface area contributed by atoms with Gasteiger partial charge in [-0.15, -0.1) is 5.73 Å². The molecule has 0 bridgehead atoms. The molecular weight excluding hydrogens is 84.1 g/mol. The molecule has 0 aliphatic rings. The first-order valence-electron chi connectivity index (χ1n) is 2.35. The highest BCUT2D eigenvalue weighted by molar-refractivity contribution is 5.11. The third-order valence-corrected chi connectivity index (χ3v) is 0.760. The van der Waals surface area contributed by atoms with Gasteiger partial charge in [0.15, 0.2) is 0 Å². The number of hydrogen-bond donors (Lipinski definition) is 0. The van der Waals surface area contributed by atoms with Gasteiger partial charge >= 0.3 is 0 Å². The van der Waals surface area contributed by atoms with Gasteiger partial charge in [0.25, 0.3) is 0 Å². The average molecular weight is 94.2 g/mol. The number of rotatable bonds is 2. The lowest BCUT2D eigenvalue weighted by Crippen LogP contribution is -1.63. The van der Waals surface area contributed by atoms with Crippen LogP contribution in [0, 0.1) is 0 Å². The van der Waals surface area contributed by atoms with Crippen molar-refractivity contribution in [3.63, 3.8) is 0 Å². The third kappa shape index (κ3) is 3.08. The van der Waals surface area contributed by atoms with Crippen LogP contribution in [-0.4, -0.2) is 0 Å². The average Bonchev–Trinajstić information content (AvgIpc) is 1.68. The first-order chi connectivity index (χ1) is 3.31. The van der Waals surface area contributed by atoms with E-state index in [9.17, 15) is 0 Å². The van der Waals surface area contributed by atoms with E-state index >= 15 is 0 Å². The van der Waals surface area contributed by atoms with Gasteiger partial charge in [0.05, 0.1) is 0 Å². The second-order valence-electron chi connectivity index (χ2n) is 1.36. The Morgan fingerprint density at radius 3 is 2.57 bits per heavy atom. The van der Waals surface area contributed by atoms with E-state index in [1.807, 2.05) is 0 Å². The fourth-order valence-corrected chi connectivity index (χ4v) is 0.246. The summed E-state index contributed by atoms with van der Waals surface area (Å²) in [6.45, 7) is 9.16. The van der Waals surface area contributed by atoms with E-state index in [1.165, 1.54) is 0 Å². The summed E-state index contributed by atoms with van der Waals surface area (Å²) in [5.41, 5.74) is 3.72. The lowest BCUT2D eigenvalue weighted by molar-refractivity contribution is 1.16. The third-order valence-electron chi connectivity index (χ3n) is 0.760. The van der Waals surface area contributed by atoms with Crippen molar-refractivity contribution < 1.29 is 0 Å². The SMILES string of the molecule is C=C=CC(=C)CC. The van der Waals surface area contributed by atoms with Crippen molar-refractivity contribution in [2.45, 2.75) is 13.3 Å². The van der Waals surface area contributed by atoms with E-state index < -0.39 is 0 Å². The van der Waals surface area contributed by atoms with Crippen LogP contribution in [0.25, 0.3) is 0 Å². The molecule has 0 aliphatic heterocycles. The Kier molecular flexibility index (Phi) is 3.09. The van der Waals surface area contributed by atoms with Gasteiger partial charge in [-0.2, -0.15) is 0 Å². The molecule has 0 N–H and O–H groups in total. The van der Waals surface area contributed by atoms with E-state index in [0.29, 0.717) is 0 Å².